The van der Waals surface area contributed by atoms with E-state index < -0.39 is 0 Å². The molecule has 5 heteroatoms. The van der Waals surface area contributed by atoms with Crippen molar-refractivity contribution in [1.82, 2.24) is 10.3 Å². The number of nitrogens with zero attached hydrogens (tertiary/aromatic N) is 1. The molecule has 1 aromatic rings. The van der Waals surface area contributed by atoms with Gasteiger partial charge in [-0.3, -0.25) is 0 Å². The lowest BCUT2D eigenvalue weighted by Crippen LogP contribution is -2.13. The third-order valence-corrected chi connectivity index (χ3v) is 3.25. The summed E-state index contributed by atoms with van der Waals surface area (Å²) in [6, 6.07) is 1.42. The van der Waals surface area contributed by atoms with Crippen molar-refractivity contribution in [3.8, 4) is 0 Å². The van der Waals surface area contributed by atoms with E-state index in [1.807, 2.05) is 0 Å². The summed E-state index contributed by atoms with van der Waals surface area (Å²) in [5.74, 6) is 0.749. The molecule has 16 heavy (non-hydrogen) atoms. The lowest BCUT2D eigenvalue weighted by Gasteiger charge is -2.10. The van der Waals surface area contributed by atoms with Gasteiger partial charge in [0.2, 0.25) is 0 Å². The van der Waals surface area contributed by atoms with Crippen molar-refractivity contribution in [2.75, 3.05) is 25.0 Å². The van der Waals surface area contributed by atoms with E-state index in [0.29, 0.717) is 16.2 Å². The Labute approximate surface area is 103 Å². The predicted octanol–water partition coefficient (Wildman–Crippen LogP) is 2.39. The number of aromatic nitrogens is 1. The van der Waals surface area contributed by atoms with Crippen LogP contribution in [0.2, 0.25) is 0 Å². The first-order valence-corrected chi connectivity index (χ1v) is 6.30. The van der Waals surface area contributed by atoms with Crippen LogP contribution in [0.1, 0.15) is 12.8 Å². The minimum Gasteiger partial charge on any atom is -0.368 e. The number of halogens is 2. The van der Waals surface area contributed by atoms with Crippen molar-refractivity contribution < 1.29 is 4.39 Å². The summed E-state index contributed by atoms with van der Waals surface area (Å²) >= 11 is 3.18. The van der Waals surface area contributed by atoms with Crippen molar-refractivity contribution in [2.45, 2.75) is 12.8 Å². The normalized spacial score (nSPS) is 20.0. The summed E-state index contributed by atoms with van der Waals surface area (Å²) in [5.41, 5.74) is 0. The molecule has 1 aromatic heterocycles. The number of hydrogen-bond acceptors (Lipinski definition) is 3. The van der Waals surface area contributed by atoms with Gasteiger partial charge in [0.15, 0.2) is 11.6 Å². The fourth-order valence-corrected chi connectivity index (χ4v) is 2.20. The van der Waals surface area contributed by atoms with E-state index >= 15 is 0 Å². The van der Waals surface area contributed by atoms with Crippen molar-refractivity contribution in [3.63, 3.8) is 0 Å². The monoisotopic (exact) mass is 287 g/mol. The lowest BCUT2D eigenvalue weighted by atomic mass is 10.1. The average molecular weight is 288 g/mol. The van der Waals surface area contributed by atoms with Crippen LogP contribution in [0.3, 0.4) is 0 Å². The summed E-state index contributed by atoms with van der Waals surface area (Å²) in [6.07, 6.45) is 3.88. The smallest absolute Gasteiger partial charge is 0.166 e. The van der Waals surface area contributed by atoms with Crippen LogP contribution in [0, 0.1) is 11.7 Å². The highest BCUT2D eigenvalue weighted by Gasteiger charge is 2.13. The second-order valence-corrected chi connectivity index (χ2v) is 4.97. The molecule has 1 aliphatic rings. The second kappa shape index (κ2) is 5.59. The molecule has 0 aliphatic carbocycles. The Bertz CT molecular complexity index is 353. The minimum atomic E-state index is -0.307. The lowest BCUT2D eigenvalue weighted by molar-refractivity contribution is 0.546. The molecular weight excluding hydrogens is 273 g/mol. The Morgan fingerprint density at radius 2 is 2.50 bits per heavy atom. The Kier molecular flexibility index (Phi) is 4.12. The summed E-state index contributed by atoms with van der Waals surface area (Å²) in [6.45, 7) is 2.96. The number of nitrogens with one attached hydrogen (secondary N) is 2. The van der Waals surface area contributed by atoms with Gasteiger partial charge in [0, 0.05) is 17.2 Å². The summed E-state index contributed by atoms with van der Waals surface area (Å²) < 4.78 is 14.0. The molecule has 0 bridgehead atoms. The highest BCUT2D eigenvalue weighted by molar-refractivity contribution is 9.10. The van der Waals surface area contributed by atoms with Crippen LogP contribution in [0.5, 0.6) is 0 Å². The van der Waals surface area contributed by atoms with Crippen LogP contribution >= 0.6 is 15.9 Å². The summed E-state index contributed by atoms with van der Waals surface area (Å²) in [7, 11) is 0. The van der Waals surface area contributed by atoms with Crippen LogP contribution in [-0.4, -0.2) is 24.6 Å². The van der Waals surface area contributed by atoms with Gasteiger partial charge in [-0.1, -0.05) is 0 Å². The Morgan fingerprint density at radius 3 is 3.19 bits per heavy atom. The second-order valence-electron chi connectivity index (χ2n) is 4.06. The van der Waals surface area contributed by atoms with Gasteiger partial charge >= 0.3 is 0 Å². The quantitative estimate of drug-likeness (QED) is 0.893. The van der Waals surface area contributed by atoms with Crippen molar-refractivity contribution in [2.24, 2.45) is 5.92 Å². The molecule has 1 unspecified atom stereocenters. The van der Waals surface area contributed by atoms with Crippen LogP contribution in [0.25, 0.3) is 0 Å². The Balaban J connectivity index is 1.80. The van der Waals surface area contributed by atoms with Crippen LogP contribution < -0.4 is 10.6 Å². The first-order valence-electron chi connectivity index (χ1n) is 5.51. The highest BCUT2D eigenvalue weighted by atomic mass is 79.9. The van der Waals surface area contributed by atoms with Crippen molar-refractivity contribution >= 4 is 21.7 Å². The minimum absolute atomic E-state index is 0.307. The van der Waals surface area contributed by atoms with Gasteiger partial charge in [-0.15, -0.1) is 0 Å². The van der Waals surface area contributed by atoms with Gasteiger partial charge in [0.25, 0.3) is 0 Å². The van der Waals surface area contributed by atoms with Crippen LogP contribution in [0.4, 0.5) is 10.2 Å². The number of pyridine rings is 1. The van der Waals surface area contributed by atoms with E-state index in [4.69, 9.17) is 0 Å². The highest BCUT2D eigenvalue weighted by Crippen LogP contribution is 2.17. The van der Waals surface area contributed by atoms with Crippen molar-refractivity contribution in [3.05, 3.63) is 22.6 Å². The summed E-state index contributed by atoms with van der Waals surface area (Å²) in [4.78, 5) is 3.99. The SMILES string of the molecule is Fc1cc(Br)cnc1NCCC1CCNC1. The molecule has 1 fully saturated rings. The molecule has 3 nitrogen and oxygen atoms in total. The van der Waals surface area contributed by atoms with Gasteiger partial charge in [-0.25, -0.2) is 9.37 Å². The molecule has 0 aromatic carbocycles. The maximum absolute atomic E-state index is 13.4. The molecule has 1 atom stereocenters. The number of rotatable bonds is 4. The van der Waals surface area contributed by atoms with Gasteiger partial charge < -0.3 is 10.6 Å². The molecule has 1 saturated heterocycles. The molecule has 2 heterocycles. The average Bonchev–Trinajstić information content (AvgIpc) is 2.74. The van der Waals surface area contributed by atoms with Gasteiger partial charge in [0.1, 0.15) is 0 Å². The molecule has 1 aliphatic heterocycles. The zero-order chi connectivity index (χ0) is 11.4. The van der Waals surface area contributed by atoms with Crippen LogP contribution in [0.15, 0.2) is 16.7 Å². The van der Waals surface area contributed by atoms with E-state index in [1.165, 1.54) is 12.5 Å². The third-order valence-electron chi connectivity index (χ3n) is 2.82. The van der Waals surface area contributed by atoms with E-state index in [2.05, 4.69) is 31.5 Å². The van der Waals surface area contributed by atoms with Crippen LogP contribution in [-0.2, 0) is 0 Å². The van der Waals surface area contributed by atoms with E-state index in [9.17, 15) is 4.39 Å². The van der Waals surface area contributed by atoms with Crippen molar-refractivity contribution in [1.29, 1.82) is 0 Å². The fraction of sp³-hybridized carbons (Fsp3) is 0.545. The topological polar surface area (TPSA) is 37.0 Å². The van der Waals surface area contributed by atoms with Gasteiger partial charge in [-0.2, -0.15) is 0 Å². The molecule has 2 rings (SSSR count). The summed E-state index contributed by atoms with van der Waals surface area (Å²) in [5, 5.41) is 6.35. The van der Waals surface area contributed by atoms with E-state index in [1.54, 1.807) is 6.20 Å². The fourth-order valence-electron chi connectivity index (χ4n) is 1.90. The Hall–Kier alpha value is -0.680. The maximum Gasteiger partial charge on any atom is 0.166 e. The van der Waals surface area contributed by atoms with Gasteiger partial charge in [0.05, 0.1) is 0 Å². The Morgan fingerprint density at radius 1 is 1.62 bits per heavy atom. The molecule has 0 spiro atoms. The number of anilines is 1. The first kappa shape index (κ1) is 11.8. The van der Waals surface area contributed by atoms with Gasteiger partial charge in [-0.05, 0) is 53.8 Å². The molecule has 88 valence electrons. The number of hydrogen-bond donors (Lipinski definition) is 2. The van der Waals surface area contributed by atoms with E-state index in [-0.39, 0.29) is 5.82 Å². The van der Waals surface area contributed by atoms with E-state index in [0.717, 1.165) is 26.1 Å². The molecule has 0 amide bonds. The molecule has 0 saturated carbocycles. The largest absolute Gasteiger partial charge is 0.368 e. The predicted molar refractivity (Wildman–Crippen MR) is 66.0 cm³/mol. The molecule has 0 radical (unpaired) electrons. The standard InChI is InChI=1S/C11H15BrFN3/c12-9-5-10(13)11(16-7-9)15-4-2-8-1-3-14-6-8/h5,7-8,14H,1-4,6H2,(H,15,16). The molecular formula is C11H15BrFN3. The first-order chi connectivity index (χ1) is 7.75. The zero-order valence-corrected chi connectivity index (χ0v) is 10.6. The zero-order valence-electron chi connectivity index (χ0n) is 8.97. The third kappa shape index (κ3) is 3.15. The molecule has 2 N–H and O–H groups in total. The maximum atomic E-state index is 13.4.